The molecule has 0 aliphatic rings. The van der Waals surface area contributed by atoms with E-state index >= 15 is 0 Å². The second kappa shape index (κ2) is 29.2. The Morgan fingerprint density at radius 1 is 0.321 bits per heavy atom. The molecule has 0 heterocycles. The number of hydrogen-bond acceptors (Lipinski definition) is 1. The summed E-state index contributed by atoms with van der Waals surface area (Å²) in [5, 5.41) is 8.74. The number of aliphatic hydroxyl groups is 1. The molecule has 0 unspecified atom stereocenters. The van der Waals surface area contributed by atoms with Gasteiger partial charge < -0.3 is 5.11 Å². The van der Waals surface area contributed by atoms with Crippen molar-refractivity contribution in [3.63, 3.8) is 0 Å². The van der Waals surface area contributed by atoms with Crippen LogP contribution in [0, 0.1) is 0 Å². The number of unbranched alkanes of at least 4 members (excludes halogenated alkanes) is 23. The van der Waals surface area contributed by atoms with Crippen LogP contribution in [0.2, 0.25) is 0 Å². The Kier molecular flexibility index (Phi) is 31.4. The monoisotopic (exact) mass is 398 g/mol. The van der Waals surface area contributed by atoms with Gasteiger partial charge in [0.2, 0.25) is 0 Å². The molecule has 0 saturated carbocycles. The highest BCUT2D eigenvalue weighted by Crippen LogP contribution is 2.15. The lowest BCUT2D eigenvalue weighted by atomic mass is 10.0. The molecule has 0 aromatic heterocycles. The summed E-state index contributed by atoms with van der Waals surface area (Å²) in [6.45, 7) is 2.67. The summed E-state index contributed by atoms with van der Waals surface area (Å²) in [6, 6.07) is 0. The van der Waals surface area contributed by atoms with E-state index in [4.69, 9.17) is 5.11 Å². The van der Waals surface area contributed by atoms with Crippen LogP contribution < -0.4 is 0 Å². The predicted octanol–water partition coefficient (Wildman–Crippen LogP) is 10.00. The Morgan fingerprint density at radius 2 is 0.500 bits per heavy atom. The Labute approximate surface area is 180 Å². The zero-order valence-electron chi connectivity index (χ0n) is 19.1. The van der Waals surface area contributed by atoms with Gasteiger partial charge in [0.1, 0.15) is 0 Å². The second-order valence-electron chi connectivity index (χ2n) is 8.86. The standard InChI is InChI=1S/C26H54O.CH4/c1-2-3-4-5-6-7-8-9-10-11-12-13-14-15-16-17-18-19-20-21-22-23-24-25-26-27;/h27H,2-26H2,1H3;1H4. The summed E-state index contributed by atoms with van der Waals surface area (Å²) < 4.78 is 0. The Balaban J connectivity index is 0. The van der Waals surface area contributed by atoms with Crippen molar-refractivity contribution in [2.45, 2.75) is 168 Å². The minimum atomic E-state index is 0. The van der Waals surface area contributed by atoms with Crippen LogP contribution in [0.5, 0.6) is 0 Å². The number of hydrogen-bond donors (Lipinski definition) is 1. The fourth-order valence-corrected chi connectivity index (χ4v) is 4.07. The fourth-order valence-electron chi connectivity index (χ4n) is 4.07. The first kappa shape index (κ1) is 30.2. The molecule has 0 fully saturated rings. The van der Waals surface area contributed by atoms with Crippen LogP contribution in [0.15, 0.2) is 0 Å². The molecular weight excluding hydrogens is 340 g/mol. The lowest BCUT2D eigenvalue weighted by Gasteiger charge is -2.04. The van der Waals surface area contributed by atoms with Gasteiger partial charge in [-0.2, -0.15) is 0 Å². The maximum atomic E-state index is 8.74. The van der Waals surface area contributed by atoms with Crippen LogP contribution in [0.4, 0.5) is 0 Å². The van der Waals surface area contributed by atoms with Gasteiger partial charge in [0.05, 0.1) is 0 Å². The molecule has 0 aromatic rings. The Morgan fingerprint density at radius 3 is 0.679 bits per heavy atom. The van der Waals surface area contributed by atoms with Crippen molar-refractivity contribution in [2.24, 2.45) is 0 Å². The molecule has 0 radical (unpaired) electrons. The van der Waals surface area contributed by atoms with Crippen LogP contribution in [0.25, 0.3) is 0 Å². The summed E-state index contributed by atoms with van der Waals surface area (Å²) in [6.07, 6.45) is 34.1. The molecule has 0 bridgehead atoms. The van der Waals surface area contributed by atoms with E-state index in [9.17, 15) is 0 Å². The zero-order valence-corrected chi connectivity index (χ0v) is 19.1. The first-order valence-corrected chi connectivity index (χ1v) is 13.0. The second-order valence-corrected chi connectivity index (χ2v) is 8.86. The maximum Gasteiger partial charge on any atom is 0.0431 e. The first-order chi connectivity index (χ1) is 13.4. The fraction of sp³-hybridized carbons (Fsp3) is 1.00. The van der Waals surface area contributed by atoms with Gasteiger partial charge in [0, 0.05) is 6.61 Å². The van der Waals surface area contributed by atoms with Gasteiger partial charge >= 0.3 is 0 Å². The Hall–Kier alpha value is -0.0400. The van der Waals surface area contributed by atoms with Gasteiger partial charge in [-0.1, -0.05) is 162 Å². The van der Waals surface area contributed by atoms with Crippen molar-refractivity contribution in [2.75, 3.05) is 6.61 Å². The molecule has 1 N–H and O–H groups in total. The molecule has 172 valence electrons. The molecule has 0 atom stereocenters. The van der Waals surface area contributed by atoms with Crippen LogP contribution in [-0.2, 0) is 0 Å². The van der Waals surface area contributed by atoms with E-state index in [2.05, 4.69) is 6.92 Å². The highest BCUT2D eigenvalue weighted by Gasteiger charge is 1.95. The zero-order chi connectivity index (χ0) is 19.7. The van der Waals surface area contributed by atoms with Crippen molar-refractivity contribution >= 4 is 0 Å². The van der Waals surface area contributed by atoms with Gasteiger partial charge in [-0.25, -0.2) is 0 Å². The third-order valence-corrected chi connectivity index (χ3v) is 6.01. The van der Waals surface area contributed by atoms with Crippen molar-refractivity contribution in [1.29, 1.82) is 0 Å². The Bertz CT molecular complexity index is 214. The molecule has 28 heavy (non-hydrogen) atoms. The number of aliphatic hydroxyl groups excluding tert-OH is 1. The normalized spacial score (nSPS) is 10.9. The van der Waals surface area contributed by atoms with E-state index in [1.807, 2.05) is 0 Å². The van der Waals surface area contributed by atoms with Gasteiger partial charge in [-0.05, 0) is 6.42 Å². The molecule has 1 heteroatoms. The summed E-state index contributed by atoms with van der Waals surface area (Å²) in [5.41, 5.74) is 0. The molecule has 0 aliphatic carbocycles. The largest absolute Gasteiger partial charge is 0.396 e. The molecule has 0 aliphatic heterocycles. The lowest BCUT2D eigenvalue weighted by molar-refractivity contribution is 0.282. The van der Waals surface area contributed by atoms with E-state index in [0.717, 1.165) is 6.42 Å². The van der Waals surface area contributed by atoms with Crippen LogP contribution >= 0.6 is 0 Å². The van der Waals surface area contributed by atoms with Crippen molar-refractivity contribution in [1.82, 2.24) is 0 Å². The van der Waals surface area contributed by atoms with E-state index in [1.165, 1.54) is 148 Å². The molecule has 0 saturated heterocycles. The van der Waals surface area contributed by atoms with Crippen molar-refractivity contribution < 1.29 is 5.11 Å². The van der Waals surface area contributed by atoms with E-state index in [1.54, 1.807) is 0 Å². The van der Waals surface area contributed by atoms with Gasteiger partial charge in [-0.3, -0.25) is 0 Å². The number of rotatable bonds is 24. The summed E-state index contributed by atoms with van der Waals surface area (Å²) in [5.74, 6) is 0. The average Bonchev–Trinajstić information content (AvgIpc) is 2.68. The lowest BCUT2D eigenvalue weighted by Crippen LogP contribution is -1.85. The highest BCUT2D eigenvalue weighted by atomic mass is 16.2. The molecule has 0 rings (SSSR count). The topological polar surface area (TPSA) is 20.2 Å². The minimum absolute atomic E-state index is 0. The van der Waals surface area contributed by atoms with Crippen LogP contribution in [-0.4, -0.2) is 11.7 Å². The van der Waals surface area contributed by atoms with Crippen molar-refractivity contribution in [3.05, 3.63) is 0 Å². The maximum absolute atomic E-state index is 8.74. The van der Waals surface area contributed by atoms with E-state index in [0.29, 0.717) is 6.61 Å². The minimum Gasteiger partial charge on any atom is -0.396 e. The van der Waals surface area contributed by atoms with Gasteiger partial charge in [0.15, 0.2) is 0 Å². The van der Waals surface area contributed by atoms with Gasteiger partial charge in [-0.15, -0.1) is 0 Å². The predicted molar refractivity (Wildman–Crippen MR) is 130 cm³/mol. The third-order valence-electron chi connectivity index (χ3n) is 6.01. The van der Waals surface area contributed by atoms with Crippen LogP contribution in [0.3, 0.4) is 0 Å². The summed E-state index contributed by atoms with van der Waals surface area (Å²) in [7, 11) is 0. The van der Waals surface area contributed by atoms with Crippen molar-refractivity contribution in [3.8, 4) is 0 Å². The van der Waals surface area contributed by atoms with Crippen LogP contribution in [0.1, 0.15) is 168 Å². The average molecular weight is 399 g/mol. The van der Waals surface area contributed by atoms with E-state index < -0.39 is 0 Å². The smallest absolute Gasteiger partial charge is 0.0431 e. The molecule has 0 spiro atoms. The SMILES string of the molecule is C.CCCCCCCCCCCCCCCCCCCCCCCCCCO. The molecule has 0 aromatic carbocycles. The quantitative estimate of drug-likeness (QED) is 0.160. The highest BCUT2D eigenvalue weighted by molar-refractivity contribution is 4.51. The van der Waals surface area contributed by atoms with Gasteiger partial charge in [0.25, 0.3) is 0 Å². The first-order valence-electron chi connectivity index (χ1n) is 13.0. The molecular formula is C27H58O. The summed E-state index contributed by atoms with van der Waals surface area (Å²) >= 11 is 0. The molecule has 0 amide bonds. The summed E-state index contributed by atoms with van der Waals surface area (Å²) in [4.78, 5) is 0. The van der Waals surface area contributed by atoms with E-state index in [-0.39, 0.29) is 7.43 Å². The molecule has 1 nitrogen and oxygen atoms in total. The third kappa shape index (κ3) is 28.2.